The Bertz CT molecular complexity index is 927. The van der Waals surface area contributed by atoms with Crippen LogP contribution in [0.1, 0.15) is 45.6 Å². The van der Waals surface area contributed by atoms with Crippen LogP contribution in [0.15, 0.2) is 48.5 Å². The second-order valence-corrected chi connectivity index (χ2v) is 9.77. The van der Waals surface area contributed by atoms with Crippen LogP contribution >= 0.6 is 0 Å². The van der Waals surface area contributed by atoms with Crippen LogP contribution in [0.5, 0.6) is 11.5 Å². The van der Waals surface area contributed by atoms with Gasteiger partial charge in [0.05, 0.1) is 17.5 Å². The first-order valence-electron chi connectivity index (χ1n) is 10.6. The molecule has 2 aliphatic carbocycles. The van der Waals surface area contributed by atoms with Crippen LogP contribution in [0.2, 0.25) is 0 Å². The van der Waals surface area contributed by atoms with Crippen LogP contribution in [0.4, 0.5) is 5.69 Å². The molecule has 1 heterocycles. The monoisotopic (exact) mass is 389 g/mol. The molecule has 2 saturated carbocycles. The highest BCUT2D eigenvalue weighted by Crippen LogP contribution is 2.56. The molecule has 0 aromatic heterocycles. The molecule has 0 radical (unpaired) electrons. The summed E-state index contributed by atoms with van der Waals surface area (Å²) in [6.45, 7) is 6.55. The third-order valence-electron chi connectivity index (χ3n) is 6.98. The van der Waals surface area contributed by atoms with E-state index in [1.54, 1.807) is 0 Å². The van der Waals surface area contributed by atoms with Crippen molar-refractivity contribution in [3.8, 4) is 11.5 Å². The topological polar surface area (TPSA) is 46.6 Å². The van der Waals surface area contributed by atoms with Crippen molar-refractivity contribution in [2.24, 2.45) is 23.7 Å². The van der Waals surface area contributed by atoms with E-state index in [9.17, 15) is 9.59 Å². The van der Waals surface area contributed by atoms with Crippen LogP contribution in [0, 0.1) is 23.7 Å². The highest BCUT2D eigenvalue weighted by atomic mass is 16.5. The highest BCUT2D eigenvalue weighted by molar-refractivity contribution is 6.22. The molecule has 3 fully saturated rings. The summed E-state index contributed by atoms with van der Waals surface area (Å²) in [5.74, 6) is 2.10. The van der Waals surface area contributed by atoms with Gasteiger partial charge in [-0.15, -0.1) is 0 Å². The van der Waals surface area contributed by atoms with Gasteiger partial charge in [-0.1, -0.05) is 32.9 Å². The van der Waals surface area contributed by atoms with Crippen LogP contribution in [-0.2, 0) is 15.0 Å². The zero-order chi connectivity index (χ0) is 20.3. The molecule has 0 N–H and O–H groups in total. The number of anilines is 1. The average molecular weight is 389 g/mol. The van der Waals surface area contributed by atoms with Crippen molar-refractivity contribution in [3.05, 3.63) is 54.1 Å². The summed E-state index contributed by atoms with van der Waals surface area (Å²) in [6.07, 6.45) is 3.25. The SMILES string of the molecule is CC(C)(C)c1ccc(Oc2ccc(N3C(=O)[C@@H]4[C@H]5CC[C@@H](C5)[C@@H]4C3=O)cc2)cc1. The minimum absolute atomic E-state index is 0.00126. The Balaban J connectivity index is 1.32. The maximum Gasteiger partial charge on any atom is 0.237 e. The predicted molar refractivity (Wildman–Crippen MR) is 112 cm³/mol. The smallest absolute Gasteiger partial charge is 0.237 e. The second-order valence-electron chi connectivity index (χ2n) is 9.77. The zero-order valence-corrected chi connectivity index (χ0v) is 17.2. The largest absolute Gasteiger partial charge is 0.457 e. The van der Waals surface area contributed by atoms with Crippen molar-refractivity contribution in [2.75, 3.05) is 4.90 Å². The van der Waals surface area contributed by atoms with Crippen molar-refractivity contribution < 1.29 is 14.3 Å². The number of amides is 2. The first-order chi connectivity index (χ1) is 13.8. The average Bonchev–Trinajstić information content (AvgIpc) is 3.36. The molecule has 2 aromatic rings. The molecule has 2 amide bonds. The Labute approximate surface area is 171 Å². The van der Waals surface area contributed by atoms with Gasteiger partial charge in [0, 0.05) is 0 Å². The van der Waals surface area contributed by atoms with Crippen molar-refractivity contribution in [1.82, 2.24) is 0 Å². The first kappa shape index (κ1) is 18.4. The van der Waals surface area contributed by atoms with Crippen LogP contribution in [0.3, 0.4) is 0 Å². The standard InChI is InChI=1S/C25H27NO3/c1-25(2,3)17-6-10-19(11-7-17)29-20-12-8-18(9-13-20)26-23(27)21-15-4-5-16(14-15)22(21)24(26)28/h6-13,15-16,21-22H,4-5,14H2,1-3H3/t15-,16-,21-,22+/m0/s1. The maximum absolute atomic E-state index is 13.0. The fraction of sp³-hybridized carbons (Fsp3) is 0.440. The fourth-order valence-corrected chi connectivity index (χ4v) is 5.49. The van der Waals surface area contributed by atoms with Gasteiger partial charge in [0.1, 0.15) is 11.5 Å². The minimum Gasteiger partial charge on any atom is -0.457 e. The lowest BCUT2D eigenvalue weighted by Gasteiger charge is -2.19. The number of rotatable bonds is 3. The predicted octanol–water partition coefficient (Wildman–Crippen LogP) is 5.31. The molecular weight excluding hydrogens is 362 g/mol. The summed E-state index contributed by atoms with van der Waals surface area (Å²) in [5, 5.41) is 0. The summed E-state index contributed by atoms with van der Waals surface area (Å²) < 4.78 is 5.95. The lowest BCUT2D eigenvalue weighted by Crippen LogP contribution is -2.32. The number of ether oxygens (including phenoxy) is 1. The van der Waals surface area contributed by atoms with Gasteiger partial charge in [-0.25, -0.2) is 0 Å². The van der Waals surface area contributed by atoms with Gasteiger partial charge in [-0.3, -0.25) is 14.5 Å². The molecule has 150 valence electrons. The molecule has 29 heavy (non-hydrogen) atoms. The molecule has 3 aliphatic rings. The number of carbonyl (C=O) groups excluding carboxylic acids is 2. The van der Waals surface area contributed by atoms with Gasteiger partial charge in [-0.05, 0) is 78.5 Å². The molecular formula is C25H27NO3. The summed E-state index contributed by atoms with van der Waals surface area (Å²) in [5.41, 5.74) is 2.02. The van der Waals surface area contributed by atoms with E-state index in [1.807, 2.05) is 36.4 Å². The molecule has 2 bridgehead atoms. The van der Waals surface area contributed by atoms with E-state index >= 15 is 0 Å². The van der Waals surface area contributed by atoms with Crippen molar-refractivity contribution in [1.29, 1.82) is 0 Å². The molecule has 4 nitrogen and oxygen atoms in total. The minimum atomic E-state index is -0.0847. The van der Waals surface area contributed by atoms with Gasteiger partial charge in [0.25, 0.3) is 0 Å². The molecule has 5 rings (SSSR count). The highest BCUT2D eigenvalue weighted by Gasteiger charge is 2.61. The van der Waals surface area contributed by atoms with Gasteiger partial charge >= 0.3 is 0 Å². The normalized spacial score (nSPS) is 28.2. The van der Waals surface area contributed by atoms with E-state index in [2.05, 4.69) is 32.9 Å². The van der Waals surface area contributed by atoms with Crippen molar-refractivity contribution >= 4 is 17.5 Å². The number of nitrogens with zero attached hydrogens (tertiary/aromatic N) is 1. The van der Waals surface area contributed by atoms with E-state index in [0.717, 1.165) is 25.0 Å². The molecule has 0 spiro atoms. The van der Waals surface area contributed by atoms with Crippen molar-refractivity contribution in [2.45, 2.75) is 45.4 Å². The lowest BCUT2D eigenvalue weighted by atomic mass is 9.81. The molecule has 1 aliphatic heterocycles. The first-order valence-corrected chi connectivity index (χ1v) is 10.6. The molecule has 4 heteroatoms. The number of carbonyl (C=O) groups is 2. The number of fused-ring (bicyclic) bond motifs is 5. The molecule has 2 aromatic carbocycles. The summed E-state index contributed by atoms with van der Waals surface area (Å²) in [7, 11) is 0. The Hall–Kier alpha value is -2.62. The number of benzene rings is 2. The van der Waals surface area contributed by atoms with E-state index in [1.165, 1.54) is 10.5 Å². The Morgan fingerprint density at radius 1 is 0.793 bits per heavy atom. The van der Waals surface area contributed by atoms with Gasteiger partial charge in [0.15, 0.2) is 0 Å². The van der Waals surface area contributed by atoms with E-state index in [-0.39, 0.29) is 29.1 Å². The van der Waals surface area contributed by atoms with Crippen LogP contribution in [-0.4, -0.2) is 11.8 Å². The van der Waals surface area contributed by atoms with E-state index in [4.69, 9.17) is 4.74 Å². The number of imide groups is 1. The van der Waals surface area contributed by atoms with Gasteiger partial charge in [0.2, 0.25) is 11.8 Å². The Morgan fingerprint density at radius 2 is 1.28 bits per heavy atom. The van der Waals surface area contributed by atoms with Crippen LogP contribution < -0.4 is 9.64 Å². The summed E-state index contributed by atoms with van der Waals surface area (Å²) in [4.78, 5) is 27.3. The third kappa shape index (κ3) is 2.97. The zero-order valence-electron chi connectivity index (χ0n) is 17.2. The fourth-order valence-electron chi connectivity index (χ4n) is 5.49. The van der Waals surface area contributed by atoms with Crippen LogP contribution in [0.25, 0.3) is 0 Å². The Morgan fingerprint density at radius 3 is 1.76 bits per heavy atom. The van der Waals surface area contributed by atoms with Crippen molar-refractivity contribution in [3.63, 3.8) is 0 Å². The van der Waals surface area contributed by atoms with Gasteiger partial charge in [-0.2, -0.15) is 0 Å². The Kier molecular flexibility index (Phi) is 4.09. The van der Waals surface area contributed by atoms with Gasteiger partial charge < -0.3 is 4.74 Å². The maximum atomic E-state index is 13.0. The van der Waals surface area contributed by atoms with E-state index < -0.39 is 0 Å². The summed E-state index contributed by atoms with van der Waals surface area (Å²) in [6, 6.07) is 15.4. The third-order valence-corrected chi connectivity index (χ3v) is 6.98. The second kappa shape index (κ2) is 6.45. The molecule has 4 atom stereocenters. The number of hydrogen-bond acceptors (Lipinski definition) is 3. The van der Waals surface area contributed by atoms with E-state index in [0.29, 0.717) is 23.3 Å². The lowest BCUT2D eigenvalue weighted by molar-refractivity contribution is -0.123. The molecule has 1 saturated heterocycles. The quantitative estimate of drug-likeness (QED) is 0.668. The molecule has 0 unspecified atom stereocenters. The summed E-state index contributed by atoms with van der Waals surface area (Å²) >= 11 is 0. The number of hydrogen-bond donors (Lipinski definition) is 0.